The minimum absolute atomic E-state index is 0.111. The Labute approximate surface area is 158 Å². The lowest BCUT2D eigenvalue weighted by Crippen LogP contribution is -2.43. The zero-order chi connectivity index (χ0) is 21.5. The van der Waals surface area contributed by atoms with Crippen molar-refractivity contribution in [2.75, 3.05) is 39.3 Å². The van der Waals surface area contributed by atoms with Gasteiger partial charge in [0.15, 0.2) is 0 Å². The van der Waals surface area contributed by atoms with Crippen LogP contribution in [0.5, 0.6) is 0 Å². The summed E-state index contributed by atoms with van der Waals surface area (Å²) in [7, 11) is 0. The van der Waals surface area contributed by atoms with Crippen LogP contribution in [-0.4, -0.2) is 83.6 Å². The molecule has 0 radical (unpaired) electrons. The highest BCUT2D eigenvalue weighted by molar-refractivity contribution is 5.69. The molecule has 0 aromatic rings. The molecule has 2 unspecified atom stereocenters. The van der Waals surface area contributed by atoms with Gasteiger partial charge in [0.1, 0.15) is 0 Å². The Morgan fingerprint density at radius 3 is 1.32 bits per heavy atom. The number of halogens is 6. The van der Waals surface area contributed by atoms with Crippen LogP contribution in [0.15, 0.2) is 0 Å². The molecule has 2 fully saturated rings. The number of rotatable bonds is 4. The van der Waals surface area contributed by atoms with Crippen LogP contribution < -0.4 is 0 Å². The number of hydrogen-bond acceptors (Lipinski definition) is 4. The van der Waals surface area contributed by atoms with E-state index in [4.69, 9.17) is 10.2 Å². The van der Waals surface area contributed by atoms with E-state index in [1.54, 1.807) is 0 Å². The van der Waals surface area contributed by atoms with Crippen LogP contribution in [0.1, 0.15) is 25.7 Å². The first-order valence-corrected chi connectivity index (χ1v) is 8.80. The van der Waals surface area contributed by atoms with Gasteiger partial charge in [-0.05, 0) is 38.8 Å². The van der Waals surface area contributed by atoms with E-state index in [0.29, 0.717) is 25.9 Å². The maximum atomic E-state index is 12.3. The molecule has 0 aliphatic carbocycles. The standard InChI is InChI=1S/2C8H12F3NO2/c2*9-8(10,11)6-2-1-3-12(4-6)5-7(13)14/h2*6H,1-5H2,(H,13,14). The van der Waals surface area contributed by atoms with E-state index < -0.39 is 36.1 Å². The van der Waals surface area contributed by atoms with Gasteiger partial charge < -0.3 is 10.2 Å². The fourth-order valence-corrected chi connectivity index (χ4v) is 3.32. The average molecular weight is 422 g/mol. The van der Waals surface area contributed by atoms with Crippen LogP contribution in [0, 0.1) is 11.8 Å². The van der Waals surface area contributed by atoms with Crippen molar-refractivity contribution in [3.8, 4) is 0 Å². The Balaban J connectivity index is 0.000000280. The molecule has 2 atom stereocenters. The van der Waals surface area contributed by atoms with Crippen LogP contribution in [0.25, 0.3) is 0 Å². The number of nitrogens with zero attached hydrogens (tertiary/aromatic N) is 2. The van der Waals surface area contributed by atoms with E-state index in [1.165, 1.54) is 9.80 Å². The molecule has 0 spiro atoms. The fourth-order valence-electron chi connectivity index (χ4n) is 3.32. The molecule has 12 heteroatoms. The van der Waals surface area contributed by atoms with Crippen LogP contribution in [0.3, 0.4) is 0 Å². The van der Waals surface area contributed by atoms with E-state index in [2.05, 4.69) is 0 Å². The molecule has 6 nitrogen and oxygen atoms in total. The van der Waals surface area contributed by atoms with Gasteiger partial charge >= 0.3 is 24.3 Å². The molecule has 0 bridgehead atoms. The van der Waals surface area contributed by atoms with Gasteiger partial charge in [0.25, 0.3) is 0 Å². The minimum Gasteiger partial charge on any atom is -0.480 e. The summed E-state index contributed by atoms with van der Waals surface area (Å²) in [6, 6.07) is 0. The number of hydrogen-bond donors (Lipinski definition) is 2. The highest BCUT2D eigenvalue weighted by Gasteiger charge is 2.42. The number of alkyl halides is 6. The second-order valence-corrected chi connectivity index (χ2v) is 7.02. The van der Waals surface area contributed by atoms with E-state index in [9.17, 15) is 35.9 Å². The Bertz CT molecular complexity index is 480. The Kier molecular flexibility index (Phi) is 8.99. The average Bonchev–Trinajstić information content (AvgIpc) is 2.53. The van der Waals surface area contributed by atoms with Crippen LogP contribution in [0.4, 0.5) is 26.3 Å². The normalized spacial score (nSPS) is 24.9. The first-order chi connectivity index (χ1) is 12.8. The number of carboxylic acid groups (broad SMARTS) is 2. The lowest BCUT2D eigenvalue weighted by atomic mass is 9.97. The van der Waals surface area contributed by atoms with Crippen molar-refractivity contribution in [2.24, 2.45) is 11.8 Å². The highest BCUT2D eigenvalue weighted by atomic mass is 19.4. The van der Waals surface area contributed by atoms with Crippen molar-refractivity contribution in [3.63, 3.8) is 0 Å². The predicted octanol–water partition coefficient (Wildman–Crippen LogP) is 2.69. The molecule has 0 aromatic heterocycles. The smallest absolute Gasteiger partial charge is 0.393 e. The molecular formula is C16H24F6N2O4. The summed E-state index contributed by atoms with van der Waals surface area (Å²) in [4.78, 5) is 23.3. The quantitative estimate of drug-likeness (QED) is 0.679. The lowest BCUT2D eigenvalue weighted by Gasteiger charge is -2.32. The van der Waals surface area contributed by atoms with Gasteiger partial charge in [-0.1, -0.05) is 0 Å². The summed E-state index contributed by atoms with van der Waals surface area (Å²) in [6.07, 6.45) is -7.34. The van der Waals surface area contributed by atoms with E-state index in [0.717, 1.165) is 0 Å². The molecule has 2 aliphatic heterocycles. The SMILES string of the molecule is O=C(O)CN1CCCC(C(F)(F)F)C1.O=C(O)CN1CCCC(C(F)(F)F)C1. The first-order valence-electron chi connectivity index (χ1n) is 8.80. The van der Waals surface area contributed by atoms with Crippen LogP contribution >= 0.6 is 0 Å². The van der Waals surface area contributed by atoms with Gasteiger partial charge in [0, 0.05) is 13.1 Å². The summed E-state index contributed by atoms with van der Waals surface area (Å²) in [5, 5.41) is 16.9. The van der Waals surface area contributed by atoms with Crippen LogP contribution in [-0.2, 0) is 9.59 Å². The third kappa shape index (κ3) is 9.09. The fraction of sp³-hybridized carbons (Fsp3) is 0.875. The molecule has 0 aromatic carbocycles. The van der Waals surface area contributed by atoms with Gasteiger partial charge in [-0.25, -0.2) is 0 Å². The van der Waals surface area contributed by atoms with Crippen LogP contribution in [0.2, 0.25) is 0 Å². The largest absolute Gasteiger partial charge is 0.480 e. The van der Waals surface area contributed by atoms with Gasteiger partial charge in [-0.15, -0.1) is 0 Å². The van der Waals surface area contributed by atoms with E-state index in [-0.39, 0.29) is 39.0 Å². The number of carbonyl (C=O) groups is 2. The lowest BCUT2D eigenvalue weighted by molar-refractivity contribution is -0.188. The predicted molar refractivity (Wildman–Crippen MR) is 85.7 cm³/mol. The van der Waals surface area contributed by atoms with Crippen molar-refractivity contribution in [3.05, 3.63) is 0 Å². The van der Waals surface area contributed by atoms with Crippen molar-refractivity contribution >= 4 is 11.9 Å². The zero-order valence-electron chi connectivity index (χ0n) is 15.1. The van der Waals surface area contributed by atoms with Crippen molar-refractivity contribution in [1.29, 1.82) is 0 Å². The third-order valence-corrected chi connectivity index (χ3v) is 4.65. The van der Waals surface area contributed by atoms with Crippen molar-refractivity contribution in [1.82, 2.24) is 9.80 Å². The van der Waals surface area contributed by atoms with E-state index in [1.807, 2.05) is 0 Å². The Morgan fingerprint density at radius 1 is 0.750 bits per heavy atom. The Hall–Kier alpha value is -1.56. The summed E-state index contributed by atoms with van der Waals surface area (Å²) in [5.41, 5.74) is 0. The van der Waals surface area contributed by atoms with Gasteiger partial charge in [0.2, 0.25) is 0 Å². The number of aliphatic carboxylic acids is 2. The Morgan fingerprint density at radius 2 is 1.07 bits per heavy atom. The van der Waals surface area contributed by atoms with Gasteiger partial charge in [-0.2, -0.15) is 26.3 Å². The summed E-state index contributed by atoms with van der Waals surface area (Å²) in [6.45, 7) is -0.0808. The summed E-state index contributed by atoms with van der Waals surface area (Å²) in [5.74, 6) is -4.88. The number of piperidine rings is 2. The van der Waals surface area contributed by atoms with Crippen molar-refractivity contribution < 1.29 is 46.1 Å². The maximum absolute atomic E-state index is 12.3. The highest BCUT2D eigenvalue weighted by Crippen LogP contribution is 2.33. The molecule has 2 heterocycles. The summed E-state index contributed by atoms with van der Waals surface area (Å²) < 4.78 is 73.7. The maximum Gasteiger partial charge on any atom is 0.393 e. The molecule has 0 amide bonds. The van der Waals surface area contributed by atoms with E-state index >= 15 is 0 Å². The molecule has 2 rings (SSSR count). The molecule has 0 saturated carbocycles. The second kappa shape index (κ2) is 10.3. The molecule has 2 aliphatic rings. The minimum atomic E-state index is -4.20. The van der Waals surface area contributed by atoms with Gasteiger partial charge in [-0.3, -0.25) is 19.4 Å². The zero-order valence-corrected chi connectivity index (χ0v) is 15.1. The number of carboxylic acids is 2. The molecular weight excluding hydrogens is 398 g/mol. The second-order valence-electron chi connectivity index (χ2n) is 7.02. The monoisotopic (exact) mass is 422 g/mol. The third-order valence-electron chi connectivity index (χ3n) is 4.65. The van der Waals surface area contributed by atoms with Crippen molar-refractivity contribution in [2.45, 2.75) is 38.0 Å². The number of likely N-dealkylation sites (tertiary alicyclic amines) is 2. The van der Waals surface area contributed by atoms with Gasteiger partial charge in [0.05, 0.1) is 24.9 Å². The molecule has 2 N–H and O–H groups in total. The topological polar surface area (TPSA) is 81.1 Å². The molecule has 2 saturated heterocycles. The molecule has 164 valence electrons. The molecule has 28 heavy (non-hydrogen) atoms. The first kappa shape index (κ1) is 24.5. The summed E-state index contributed by atoms with van der Waals surface area (Å²) >= 11 is 0.